The number of thiophene rings is 1. The highest BCUT2D eigenvalue weighted by Crippen LogP contribution is 2.30. The summed E-state index contributed by atoms with van der Waals surface area (Å²) in [7, 11) is 0. The molecule has 0 radical (unpaired) electrons. The van der Waals surface area contributed by atoms with Gasteiger partial charge in [-0.15, -0.1) is 22.9 Å². The molecule has 0 aliphatic heterocycles. The van der Waals surface area contributed by atoms with Crippen LogP contribution >= 0.6 is 22.9 Å². The number of benzene rings is 1. The summed E-state index contributed by atoms with van der Waals surface area (Å²) in [6, 6.07) is 3.56. The Morgan fingerprint density at radius 3 is 3.00 bits per heavy atom. The third-order valence-corrected chi connectivity index (χ3v) is 3.12. The lowest BCUT2D eigenvalue weighted by Crippen LogP contribution is -1.96. The van der Waals surface area contributed by atoms with Gasteiger partial charge in [0, 0.05) is 16.0 Å². The van der Waals surface area contributed by atoms with Gasteiger partial charge in [0.1, 0.15) is 0 Å². The molecule has 0 atom stereocenters. The van der Waals surface area contributed by atoms with Gasteiger partial charge in [-0.2, -0.15) is 0 Å². The fraction of sp³-hybridized carbons (Fsp3) is 0.111. The molecule has 2 aromatic rings. The molecule has 0 amide bonds. The minimum Gasteiger partial charge on any atom is -0.396 e. The van der Waals surface area contributed by atoms with Gasteiger partial charge in [-0.3, -0.25) is 0 Å². The predicted octanol–water partition coefficient (Wildman–Crippen LogP) is 3.36. The van der Waals surface area contributed by atoms with Gasteiger partial charge in [0.05, 0.1) is 5.69 Å². The number of nitrogen functional groups attached to an aromatic ring is 1. The molecule has 0 spiro atoms. The van der Waals surface area contributed by atoms with Gasteiger partial charge in [-0.05, 0) is 23.1 Å². The number of anilines is 1. The van der Waals surface area contributed by atoms with Crippen LogP contribution in [0.5, 0.6) is 0 Å². The minimum absolute atomic E-state index is 0.168. The van der Waals surface area contributed by atoms with E-state index in [1.165, 1.54) is 11.3 Å². The maximum atomic E-state index is 13.5. The van der Waals surface area contributed by atoms with Crippen molar-refractivity contribution in [2.45, 2.75) is 5.88 Å². The summed E-state index contributed by atoms with van der Waals surface area (Å²) in [5, 5.41) is 2.42. The summed E-state index contributed by atoms with van der Waals surface area (Å²) in [4.78, 5) is 0. The number of rotatable bonds is 1. The molecule has 1 nitrogen and oxygen atoms in total. The first kappa shape index (κ1) is 8.78. The second kappa shape index (κ2) is 3.16. The molecule has 0 saturated carbocycles. The fourth-order valence-electron chi connectivity index (χ4n) is 1.25. The molecule has 13 heavy (non-hydrogen) atoms. The van der Waals surface area contributed by atoms with E-state index in [0.29, 0.717) is 10.9 Å². The highest BCUT2D eigenvalue weighted by atomic mass is 35.5. The lowest BCUT2D eigenvalue weighted by Gasteiger charge is -2.03. The Morgan fingerprint density at radius 1 is 1.54 bits per heavy atom. The summed E-state index contributed by atoms with van der Waals surface area (Å²) in [6.45, 7) is 0. The van der Waals surface area contributed by atoms with Gasteiger partial charge in [0.25, 0.3) is 0 Å². The molecule has 68 valence electrons. The van der Waals surface area contributed by atoms with Crippen molar-refractivity contribution in [2.24, 2.45) is 0 Å². The smallest absolute Gasteiger partial charge is 0.155 e. The van der Waals surface area contributed by atoms with Crippen molar-refractivity contribution in [3.63, 3.8) is 0 Å². The zero-order chi connectivity index (χ0) is 9.42. The van der Waals surface area contributed by atoms with Gasteiger partial charge in [0.2, 0.25) is 0 Å². The van der Waals surface area contributed by atoms with E-state index in [2.05, 4.69) is 0 Å². The molecular formula is C9H7ClFNS. The molecule has 0 saturated heterocycles. The van der Waals surface area contributed by atoms with Crippen LogP contribution in [0.4, 0.5) is 10.1 Å². The van der Waals surface area contributed by atoms with Crippen LogP contribution in [-0.2, 0) is 5.88 Å². The molecule has 0 bridgehead atoms. The molecule has 0 fully saturated rings. The Kier molecular flexibility index (Phi) is 2.14. The number of alkyl halides is 1. The van der Waals surface area contributed by atoms with Crippen LogP contribution < -0.4 is 5.73 Å². The Morgan fingerprint density at radius 2 is 2.31 bits per heavy atom. The van der Waals surface area contributed by atoms with Crippen LogP contribution in [-0.4, -0.2) is 0 Å². The largest absolute Gasteiger partial charge is 0.396 e. The number of fused-ring (bicyclic) bond motifs is 1. The molecule has 0 aliphatic rings. The fourth-order valence-corrected chi connectivity index (χ4v) is 2.31. The summed E-state index contributed by atoms with van der Waals surface area (Å²) >= 11 is 7.12. The van der Waals surface area contributed by atoms with E-state index < -0.39 is 0 Å². The number of nitrogens with two attached hydrogens (primary N) is 1. The second-order valence-corrected chi connectivity index (χ2v) is 3.94. The van der Waals surface area contributed by atoms with Crippen molar-refractivity contribution < 1.29 is 4.39 Å². The zero-order valence-corrected chi connectivity index (χ0v) is 8.25. The van der Waals surface area contributed by atoms with Crippen molar-refractivity contribution in [1.29, 1.82) is 0 Å². The lowest BCUT2D eigenvalue weighted by molar-refractivity contribution is 0.643. The van der Waals surface area contributed by atoms with Gasteiger partial charge >= 0.3 is 0 Å². The average Bonchev–Trinajstić information content (AvgIpc) is 2.59. The maximum Gasteiger partial charge on any atom is 0.155 e. The molecule has 1 aromatic carbocycles. The zero-order valence-electron chi connectivity index (χ0n) is 6.68. The van der Waals surface area contributed by atoms with Crippen LogP contribution in [0.15, 0.2) is 17.5 Å². The Labute approximate surface area is 83.9 Å². The Bertz CT molecular complexity index is 452. The first-order valence-corrected chi connectivity index (χ1v) is 5.15. The first-order chi connectivity index (χ1) is 6.24. The van der Waals surface area contributed by atoms with Crippen molar-refractivity contribution in [3.05, 3.63) is 28.9 Å². The van der Waals surface area contributed by atoms with Gasteiger partial charge in [-0.1, -0.05) is 0 Å². The van der Waals surface area contributed by atoms with Gasteiger partial charge in [-0.25, -0.2) is 4.39 Å². The first-order valence-electron chi connectivity index (χ1n) is 3.74. The van der Waals surface area contributed by atoms with E-state index >= 15 is 0 Å². The van der Waals surface area contributed by atoms with E-state index in [1.807, 2.05) is 11.4 Å². The molecule has 0 unspecified atom stereocenters. The van der Waals surface area contributed by atoms with Crippen LogP contribution in [0.3, 0.4) is 0 Å². The van der Waals surface area contributed by atoms with E-state index in [4.69, 9.17) is 17.3 Å². The molecule has 1 heterocycles. The Hall–Kier alpha value is -0.800. The molecule has 2 N–H and O–H groups in total. The lowest BCUT2D eigenvalue weighted by atomic mass is 10.1. The normalized spacial score (nSPS) is 10.9. The van der Waals surface area contributed by atoms with Crippen LogP contribution in [0.25, 0.3) is 10.1 Å². The van der Waals surface area contributed by atoms with E-state index in [9.17, 15) is 4.39 Å². The number of halogens is 2. The summed E-state index contributed by atoms with van der Waals surface area (Å²) in [6.07, 6.45) is 0. The molecule has 0 aliphatic carbocycles. The van der Waals surface area contributed by atoms with E-state index in [0.717, 1.165) is 4.70 Å². The van der Waals surface area contributed by atoms with Crippen LogP contribution in [0.2, 0.25) is 0 Å². The molecule has 2 rings (SSSR count). The van der Waals surface area contributed by atoms with Gasteiger partial charge in [0.15, 0.2) is 5.82 Å². The predicted molar refractivity (Wildman–Crippen MR) is 55.8 cm³/mol. The van der Waals surface area contributed by atoms with Crippen LogP contribution in [0, 0.1) is 5.82 Å². The average molecular weight is 216 g/mol. The van der Waals surface area contributed by atoms with E-state index in [-0.39, 0.29) is 17.4 Å². The second-order valence-electron chi connectivity index (χ2n) is 2.73. The topological polar surface area (TPSA) is 26.0 Å². The van der Waals surface area contributed by atoms with Crippen molar-refractivity contribution in [2.75, 3.05) is 5.73 Å². The Balaban J connectivity index is 2.83. The SMILES string of the molecule is Nc1c(CCl)cc2sccc2c1F. The quantitative estimate of drug-likeness (QED) is 0.573. The molecular weight excluding hydrogens is 209 g/mol. The monoisotopic (exact) mass is 215 g/mol. The van der Waals surface area contributed by atoms with Crippen molar-refractivity contribution >= 4 is 38.7 Å². The van der Waals surface area contributed by atoms with Crippen molar-refractivity contribution in [3.8, 4) is 0 Å². The standard InChI is InChI=1S/C9H7ClFNS/c10-4-5-3-7-6(1-2-13-7)8(11)9(5)12/h1-3H,4,12H2. The molecule has 1 aromatic heterocycles. The third kappa shape index (κ3) is 1.28. The highest BCUT2D eigenvalue weighted by molar-refractivity contribution is 7.17. The minimum atomic E-state index is -0.352. The maximum absolute atomic E-state index is 13.5. The summed E-state index contributed by atoms with van der Waals surface area (Å²) in [5.74, 6) is -0.106. The molecule has 4 heteroatoms. The van der Waals surface area contributed by atoms with Crippen molar-refractivity contribution in [1.82, 2.24) is 0 Å². The summed E-state index contributed by atoms with van der Waals surface area (Å²) < 4.78 is 14.4. The van der Waals surface area contributed by atoms with Gasteiger partial charge < -0.3 is 5.73 Å². The number of hydrogen-bond donors (Lipinski definition) is 1. The number of hydrogen-bond acceptors (Lipinski definition) is 2. The third-order valence-electron chi connectivity index (χ3n) is 1.96. The van der Waals surface area contributed by atoms with Crippen LogP contribution in [0.1, 0.15) is 5.56 Å². The highest BCUT2D eigenvalue weighted by Gasteiger charge is 2.10. The van der Waals surface area contributed by atoms with E-state index in [1.54, 1.807) is 6.07 Å². The summed E-state index contributed by atoms with van der Waals surface area (Å²) in [5.41, 5.74) is 6.39.